The van der Waals surface area contributed by atoms with E-state index in [4.69, 9.17) is 15.0 Å². The zero-order chi connectivity index (χ0) is 41.8. The van der Waals surface area contributed by atoms with E-state index in [2.05, 4.69) is 41.1 Å². The van der Waals surface area contributed by atoms with Crippen LogP contribution in [0.15, 0.2) is 53.8 Å². The number of carbonyl (C=O) groups excluding carboxylic acids is 3. The predicted molar refractivity (Wildman–Crippen MR) is 207 cm³/mol. The molecule has 10 N–H and O–H groups in total. The van der Waals surface area contributed by atoms with Gasteiger partial charge in [0.1, 0.15) is 17.8 Å². The number of carboxylic acid groups (broad SMARTS) is 1. The molecule has 0 spiro atoms. The smallest absolute Gasteiger partial charge is 0.323 e. The number of nitrogens with two attached hydrogens (primary N) is 1. The molecular formula is C34H46N10O11S2. The second kappa shape index (κ2) is 20.0. The maximum atomic E-state index is 13.4. The van der Waals surface area contributed by atoms with E-state index in [1.54, 1.807) is 41.5 Å². The molecule has 0 fully saturated rings. The van der Waals surface area contributed by atoms with Gasteiger partial charge in [-0.2, -0.15) is 18.2 Å². The van der Waals surface area contributed by atoms with Crippen molar-refractivity contribution < 1.29 is 50.4 Å². The number of nitrogens with zero attached hydrogens (tertiary/aromatic N) is 3. The normalized spacial score (nSPS) is 12.8. The summed E-state index contributed by atoms with van der Waals surface area (Å²) >= 11 is 0. The van der Waals surface area contributed by atoms with Gasteiger partial charge < -0.3 is 41.8 Å². The predicted octanol–water partition coefficient (Wildman–Crippen LogP) is -0.354. The minimum Gasteiger partial charge on any atom is -0.494 e. The number of aliphatic carboxylic acids is 1. The Labute approximate surface area is 328 Å². The molecule has 57 heavy (non-hydrogen) atoms. The van der Waals surface area contributed by atoms with Crippen molar-refractivity contribution in [3.8, 4) is 5.75 Å². The summed E-state index contributed by atoms with van der Waals surface area (Å²) in [5.41, 5.74) is 6.97. The second-order valence-electron chi connectivity index (χ2n) is 12.9. The molecule has 310 valence electrons. The van der Waals surface area contributed by atoms with Crippen LogP contribution in [0.25, 0.3) is 10.9 Å². The number of hydrogen-bond acceptors (Lipinski definition) is 13. The number of amides is 3. The second-order valence-corrected chi connectivity index (χ2v) is 16.1. The molecule has 0 aliphatic rings. The van der Waals surface area contributed by atoms with E-state index in [9.17, 15) is 41.1 Å². The van der Waals surface area contributed by atoms with Gasteiger partial charge in [-0.25, -0.2) is 13.4 Å². The van der Waals surface area contributed by atoms with Crippen molar-refractivity contribution in [3.63, 3.8) is 0 Å². The Morgan fingerprint density at radius 3 is 2.37 bits per heavy atom. The average molecular weight is 835 g/mol. The van der Waals surface area contributed by atoms with Crippen LogP contribution in [-0.2, 0) is 41.1 Å². The van der Waals surface area contributed by atoms with Crippen molar-refractivity contribution in [1.82, 2.24) is 40.4 Å². The molecule has 2 heterocycles. The Hall–Kier alpha value is -5.62. The summed E-state index contributed by atoms with van der Waals surface area (Å²) in [6.45, 7) is 3.87. The lowest BCUT2D eigenvalue weighted by Crippen LogP contribution is -2.48. The molecule has 4 rings (SSSR count). The van der Waals surface area contributed by atoms with Crippen LogP contribution < -0.4 is 36.5 Å². The van der Waals surface area contributed by atoms with Crippen molar-refractivity contribution in [2.45, 2.75) is 56.6 Å². The van der Waals surface area contributed by atoms with E-state index in [1.807, 2.05) is 0 Å². The molecule has 2 aromatic carbocycles. The van der Waals surface area contributed by atoms with Crippen LogP contribution in [0.1, 0.15) is 40.7 Å². The number of benzene rings is 2. The van der Waals surface area contributed by atoms with E-state index >= 15 is 0 Å². The third kappa shape index (κ3) is 13.5. The molecule has 23 heteroatoms. The highest BCUT2D eigenvalue weighted by Crippen LogP contribution is 2.26. The lowest BCUT2D eigenvalue weighted by molar-refractivity contribution is -0.138. The number of imidazole rings is 1. The van der Waals surface area contributed by atoms with Crippen LogP contribution in [0.2, 0.25) is 0 Å². The van der Waals surface area contributed by atoms with Crippen molar-refractivity contribution in [2.24, 2.45) is 5.73 Å². The first-order chi connectivity index (χ1) is 26.9. The minimum absolute atomic E-state index is 0.0245. The van der Waals surface area contributed by atoms with Gasteiger partial charge >= 0.3 is 5.97 Å². The summed E-state index contributed by atoms with van der Waals surface area (Å²) < 4.78 is 67.0. The number of rotatable bonds is 23. The molecule has 2 aromatic heterocycles. The number of H-pyrrole nitrogens is 1. The molecule has 21 nitrogen and oxygen atoms in total. The highest BCUT2D eigenvalue weighted by Gasteiger charge is 2.29. The largest absolute Gasteiger partial charge is 0.494 e. The standard InChI is InChI=1S/C34H46N10O11S2/c1-21-15-25(55-14-3-5-29(45)36-9-10-37-32(47)26(35)20-56(50,51)52)16-22(2)30(21)57(53,54)43-27(33(48)49)19-41-31(46)23-6-7-28-24(17-23)18-42-44(28)13-4-8-38-34-39-11-12-40-34/h6-7,11-12,15-18,26-27,43H,3-5,8-10,13-14,19-20,35H2,1-2H3,(H,36,45)(H,37,47)(H,41,46)(H,48,49)(H2,38,39,40)(H,50,51,52). The summed E-state index contributed by atoms with van der Waals surface area (Å²) in [5.74, 6) is -3.21. The van der Waals surface area contributed by atoms with Gasteiger partial charge in [-0.15, -0.1) is 0 Å². The van der Waals surface area contributed by atoms with Crippen molar-refractivity contribution in [3.05, 3.63) is 65.6 Å². The van der Waals surface area contributed by atoms with Gasteiger partial charge in [0.15, 0.2) is 5.95 Å². The first kappa shape index (κ1) is 44.1. The summed E-state index contributed by atoms with van der Waals surface area (Å²) in [7, 11) is -8.81. The number of carboxylic acids is 1. The molecular weight excluding hydrogens is 789 g/mol. The zero-order valence-corrected chi connectivity index (χ0v) is 32.8. The fourth-order valence-electron chi connectivity index (χ4n) is 5.68. The van der Waals surface area contributed by atoms with E-state index in [0.29, 0.717) is 30.2 Å². The van der Waals surface area contributed by atoms with E-state index in [1.165, 1.54) is 26.0 Å². The summed E-state index contributed by atoms with van der Waals surface area (Å²) in [6.07, 6.45) is 6.09. The number of aromatic nitrogens is 4. The fourth-order valence-corrected chi connectivity index (χ4v) is 7.92. The van der Waals surface area contributed by atoms with Crippen LogP contribution in [-0.4, -0.2) is 121 Å². The Morgan fingerprint density at radius 2 is 1.70 bits per heavy atom. The first-order valence-corrected chi connectivity index (χ1v) is 20.7. The lowest BCUT2D eigenvalue weighted by atomic mass is 10.1. The molecule has 0 radical (unpaired) electrons. The molecule has 2 unspecified atom stereocenters. The summed E-state index contributed by atoms with van der Waals surface area (Å²) in [5, 5.41) is 25.5. The SMILES string of the molecule is Cc1cc(OCCCC(=O)NCCNC(=O)C(N)CS(=O)(=O)O)cc(C)c1S(=O)(=O)NC(CNC(=O)c1ccc2c(cnn2CCCNc2ncc[nH]2)c1)C(=O)O. The Balaban J connectivity index is 1.23. The molecule has 3 amide bonds. The van der Waals surface area contributed by atoms with Gasteiger partial charge in [-0.3, -0.25) is 28.4 Å². The summed E-state index contributed by atoms with van der Waals surface area (Å²) in [4.78, 5) is 55.9. The minimum atomic E-state index is -4.42. The number of nitrogens with one attached hydrogen (secondary N) is 6. The van der Waals surface area contributed by atoms with E-state index < -0.39 is 62.3 Å². The maximum absolute atomic E-state index is 13.4. The van der Waals surface area contributed by atoms with Crippen LogP contribution in [0, 0.1) is 13.8 Å². The fraction of sp³-hybridized carbons (Fsp3) is 0.412. The number of anilines is 1. The molecule has 0 bridgehead atoms. The van der Waals surface area contributed by atoms with Crippen LogP contribution in [0.5, 0.6) is 5.75 Å². The number of hydrogen-bond donors (Lipinski definition) is 9. The van der Waals surface area contributed by atoms with Gasteiger partial charge in [0.05, 0.1) is 29.0 Å². The number of sulfonamides is 1. The van der Waals surface area contributed by atoms with Crippen molar-refractivity contribution in [2.75, 3.05) is 43.9 Å². The molecule has 0 saturated carbocycles. The van der Waals surface area contributed by atoms with Gasteiger partial charge in [-0.05, 0) is 68.1 Å². The molecule has 4 aromatic rings. The monoisotopic (exact) mass is 834 g/mol. The van der Waals surface area contributed by atoms with Gasteiger partial charge in [-0.1, -0.05) is 0 Å². The zero-order valence-electron chi connectivity index (χ0n) is 31.1. The molecule has 0 aliphatic carbocycles. The highest BCUT2D eigenvalue weighted by atomic mass is 32.2. The summed E-state index contributed by atoms with van der Waals surface area (Å²) in [6, 6.07) is 4.69. The van der Waals surface area contributed by atoms with E-state index in [-0.39, 0.29) is 60.0 Å². The van der Waals surface area contributed by atoms with E-state index in [0.717, 1.165) is 11.9 Å². The Kier molecular flexibility index (Phi) is 15.5. The van der Waals surface area contributed by atoms with Crippen LogP contribution in [0.3, 0.4) is 0 Å². The van der Waals surface area contributed by atoms with Gasteiger partial charge in [0, 0.05) is 62.5 Å². The van der Waals surface area contributed by atoms with Crippen molar-refractivity contribution in [1.29, 1.82) is 0 Å². The molecule has 2 atom stereocenters. The number of ether oxygens (including phenoxy) is 1. The molecule has 0 saturated heterocycles. The van der Waals surface area contributed by atoms with Gasteiger partial charge in [0.2, 0.25) is 21.8 Å². The lowest BCUT2D eigenvalue weighted by Gasteiger charge is -2.19. The quantitative estimate of drug-likeness (QED) is 0.0341. The van der Waals surface area contributed by atoms with Gasteiger partial charge in [0.25, 0.3) is 16.0 Å². The Morgan fingerprint density at radius 1 is 0.982 bits per heavy atom. The van der Waals surface area contributed by atoms with Crippen LogP contribution in [0.4, 0.5) is 5.95 Å². The Bertz CT molecular complexity index is 2240. The van der Waals surface area contributed by atoms with Crippen molar-refractivity contribution >= 4 is 60.7 Å². The topological polar surface area (TPSA) is 319 Å². The third-order valence-corrected chi connectivity index (χ3v) is 10.9. The highest BCUT2D eigenvalue weighted by molar-refractivity contribution is 7.89. The number of aryl methyl sites for hydroxylation is 3. The number of carbonyl (C=O) groups is 4. The first-order valence-electron chi connectivity index (χ1n) is 17.6. The number of fused-ring (bicyclic) bond motifs is 1. The third-order valence-electron chi connectivity index (χ3n) is 8.30. The average Bonchev–Trinajstić information content (AvgIpc) is 3.80. The van der Waals surface area contributed by atoms with Crippen LogP contribution >= 0.6 is 0 Å². The number of aromatic amines is 1. The molecule has 0 aliphatic heterocycles. The maximum Gasteiger partial charge on any atom is 0.323 e.